The second-order valence-electron chi connectivity index (χ2n) is 2.91. The highest BCUT2D eigenvalue weighted by Gasteiger charge is 2.04. The molecule has 1 heterocycles. The molecule has 1 N–H and O–H groups in total. The summed E-state index contributed by atoms with van der Waals surface area (Å²) >= 11 is 10.8. The third-order valence-electron chi connectivity index (χ3n) is 1.82. The van der Waals surface area contributed by atoms with E-state index in [-0.39, 0.29) is 0 Å². The van der Waals surface area contributed by atoms with E-state index in [1.807, 2.05) is 11.4 Å². The molecule has 0 saturated carbocycles. The number of nitrogens with one attached hydrogen (secondary N) is 1. The summed E-state index contributed by atoms with van der Waals surface area (Å²) in [4.78, 5) is 4.19. The average Bonchev–Trinajstić information content (AvgIpc) is 2.67. The zero-order valence-corrected chi connectivity index (χ0v) is 11.0. The van der Waals surface area contributed by atoms with Crippen LogP contribution in [0, 0.1) is 11.3 Å². The number of anilines is 2. The lowest BCUT2D eigenvalue weighted by molar-refractivity contribution is 1.34. The van der Waals surface area contributed by atoms with E-state index < -0.39 is 0 Å². The molecular weight excluding hydrogens is 310 g/mol. The number of rotatable bonds is 2. The molecule has 0 unspecified atom stereocenters. The van der Waals surface area contributed by atoms with Gasteiger partial charge in [0.2, 0.25) is 0 Å². The third-order valence-corrected chi connectivity index (χ3v) is 3.60. The SMILES string of the molecule is N#Cc1ccc(Nc2nc(Br)cs2)c(Cl)c1. The summed E-state index contributed by atoms with van der Waals surface area (Å²) in [6, 6.07) is 7.11. The standard InChI is InChI=1S/C10H5BrClN3S/c11-9-5-16-10(15-9)14-8-2-1-6(4-13)3-7(8)12/h1-3,5H,(H,14,15). The van der Waals surface area contributed by atoms with Crippen LogP contribution >= 0.6 is 38.9 Å². The van der Waals surface area contributed by atoms with E-state index in [4.69, 9.17) is 16.9 Å². The molecule has 0 aliphatic rings. The predicted molar refractivity (Wildman–Crippen MR) is 69.3 cm³/mol. The van der Waals surface area contributed by atoms with Crippen LogP contribution in [0.25, 0.3) is 0 Å². The van der Waals surface area contributed by atoms with Crippen LogP contribution in [0.2, 0.25) is 5.02 Å². The van der Waals surface area contributed by atoms with Gasteiger partial charge in [0.15, 0.2) is 5.13 Å². The van der Waals surface area contributed by atoms with Crippen molar-refractivity contribution in [3.05, 3.63) is 38.8 Å². The van der Waals surface area contributed by atoms with Crippen LogP contribution < -0.4 is 5.32 Å². The van der Waals surface area contributed by atoms with Crippen LogP contribution in [0.15, 0.2) is 28.2 Å². The molecule has 0 saturated heterocycles. The largest absolute Gasteiger partial charge is 0.330 e. The van der Waals surface area contributed by atoms with E-state index in [2.05, 4.69) is 26.2 Å². The van der Waals surface area contributed by atoms with Crippen LogP contribution in [0.1, 0.15) is 5.56 Å². The molecule has 2 aromatic rings. The van der Waals surface area contributed by atoms with Crippen molar-refractivity contribution < 1.29 is 0 Å². The lowest BCUT2D eigenvalue weighted by atomic mass is 10.2. The minimum atomic E-state index is 0.505. The molecule has 1 aromatic heterocycles. The smallest absolute Gasteiger partial charge is 0.188 e. The molecule has 0 amide bonds. The Morgan fingerprint density at radius 1 is 1.50 bits per heavy atom. The number of halogens is 2. The number of thiazole rings is 1. The maximum Gasteiger partial charge on any atom is 0.188 e. The van der Waals surface area contributed by atoms with Gasteiger partial charge < -0.3 is 5.32 Å². The summed E-state index contributed by atoms with van der Waals surface area (Å²) in [5.74, 6) is 0. The molecule has 0 fully saturated rings. The van der Waals surface area contributed by atoms with Crippen molar-refractivity contribution in [3.8, 4) is 6.07 Å². The Kier molecular flexibility index (Phi) is 3.44. The first-order valence-corrected chi connectivity index (χ1v) is 6.32. The maximum absolute atomic E-state index is 8.70. The lowest BCUT2D eigenvalue weighted by Crippen LogP contribution is -1.90. The molecule has 0 radical (unpaired) electrons. The average molecular weight is 315 g/mol. The van der Waals surface area contributed by atoms with Gasteiger partial charge in [-0.2, -0.15) is 5.26 Å². The molecule has 16 heavy (non-hydrogen) atoms. The van der Waals surface area contributed by atoms with Crippen molar-refractivity contribution >= 4 is 49.7 Å². The van der Waals surface area contributed by atoms with E-state index >= 15 is 0 Å². The number of benzene rings is 1. The molecule has 2 rings (SSSR count). The topological polar surface area (TPSA) is 48.7 Å². The number of aromatic nitrogens is 1. The van der Waals surface area contributed by atoms with Crippen LogP contribution in [0.3, 0.4) is 0 Å². The summed E-state index contributed by atoms with van der Waals surface area (Å²) in [6.45, 7) is 0. The van der Waals surface area contributed by atoms with Gasteiger partial charge in [0.1, 0.15) is 4.60 Å². The lowest BCUT2D eigenvalue weighted by Gasteiger charge is -2.04. The Bertz CT molecular complexity index is 561. The minimum Gasteiger partial charge on any atom is -0.330 e. The van der Waals surface area contributed by atoms with Gasteiger partial charge in [-0.15, -0.1) is 11.3 Å². The molecule has 0 atom stereocenters. The first kappa shape index (κ1) is 11.4. The van der Waals surface area contributed by atoms with Crippen molar-refractivity contribution in [1.82, 2.24) is 4.98 Å². The molecule has 3 nitrogen and oxygen atoms in total. The fraction of sp³-hybridized carbons (Fsp3) is 0. The van der Waals surface area contributed by atoms with Gasteiger partial charge in [-0.25, -0.2) is 4.98 Å². The van der Waals surface area contributed by atoms with E-state index in [1.54, 1.807) is 18.2 Å². The summed E-state index contributed by atoms with van der Waals surface area (Å²) in [5.41, 5.74) is 1.28. The van der Waals surface area contributed by atoms with Gasteiger partial charge in [-0.1, -0.05) is 11.6 Å². The second kappa shape index (κ2) is 4.83. The third kappa shape index (κ3) is 2.53. The Hall–Kier alpha value is -1.09. The maximum atomic E-state index is 8.70. The Labute approximate surface area is 110 Å². The summed E-state index contributed by atoms with van der Waals surface area (Å²) in [6.07, 6.45) is 0. The van der Waals surface area contributed by atoms with Crippen LogP contribution in [0.5, 0.6) is 0 Å². The molecule has 0 aliphatic heterocycles. The van der Waals surface area contributed by atoms with E-state index in [1.165, 1.54) is 11.3 Å². The van der Waals surface area contributed by atoms with Gasteiger partial charge in [0, 0.05) is 5.38 Å². The van der Waals surface area contributed by atoms with Crippen molar-refractivity contribution in [3.63, 3.8) is 0 Å². The summed E-state index contributed by atoms with van der Waals surface area (Å²) in [5, 5.41) is 14.9. The van der Waals surface area contributed by atoms with Crippen molar-refractivity contribution in [2.45, 2.75) is 0 Å². The monoisotopic (exact) mass is 313 g/mol. The molecule has 0 aliphatic carbocycles. The number of nitriles is 1. The zero-order valence-electron chi connectivity index (χ0n) is 7.87. The van der Waals surface area contributed by atoms with E-state index in [0.717, 1.165) is 15.4 Å². The quantitative estimate of drug-likeness (QED) is 0.905. The van der Waals surface area contributed by atoms with Gasteiger partial charge in [0.05, 0.1) is 22.3 Å². The van der Waals surface area contributed by atoms with Gasteiger partial charge in [0.25, 0.3) is 0 Å². The van der Waals surface area contributed by atoms with Crippen LogP contribution in [0.4, 0.5) is 10.8 Å². The van der Waals surface area contributed by atoms with Crippen LogP contribution in [-0.2, 0) is 0 Å². The highest BCUT2D eigenvalue weighted by molar-refractivity contribution is 9.10. The molecule has 6 heteroatoms. The van der Waals surface area contributed by atoms with Crippen LogP contribution in [-0.4, -0.2) is 4.98 Å². The van der Waals surface area contributed by atoms with E-state index in [0.29, 0.717) is 10.6 Å². The van der Waals surface area contributed by atoms with Crippen molar-refractivity contribution in [2.24, 2.45) is 0 Å². The molecule has 0 spiro atoms. The van der Waals surface area contributed by atoms with E-state index in [9.17, 15) is 0 Å². The first-order chi connectivity index (χ1) is 7.69. The number of hydrogen-bond donors (Lipinski definition) is 1. The fourth-order valence-corrected chi connectivity index (χ4v) is 2.50. The number of nitrogens with zero attached hydrogens (tertiary/aromatic N) is 2. The molecule has 1 aromatic carbocycles. The molecule has 0 bridgehead atoms. The summed E-state index contributed by atoms with van der Waals surface area (Å²) in [7, 11) is 0. The molecular formula is C10H5BrClN3S. The zero-order chi connectivity index (χ0) is 11.5. The Balaban J connectivity index is 2.26. The van der Waals surface area contributed by atoms with Crippen molar-refractivity contribution in [1.29, 1.82) is 5.26 Å². The Morgan fingerprint density at radius 2 is 2.31 bits per heavy atom. The normalized spacial score (nSPS) is 9.81. The predicted octanol–water partition coefficient (Wildman–Crippen LogP) is 4.17. The van der Waals surface area contributed by atoms with Gasteiger partial charge >= 0.3 is 0 Å². The van der Waals surface area contributed by atoms with Gasteiger partial charge in [-0.3, -0.25) is 0 Å². The highest BCUT2D eigenvalue weighted by Crippen LogP contribution is 2.28. The number of hydrogen-bond acceptors (Lipinski definition) is 4. The second-order valence-corrected chi connectivity index (χ2v) is 4.98. The Morgan fingerprint density at radius 3 is 2.88 bits per heavy atom. The first-order valence-electron chi connectivity index (χ1n) is 4.27. The van der Waals surface area contributed by atoms with Crippen molar-refractivity contribution in [2.75, 3.05) is 5.32 Å². The minimum absolute atomic E-state index is 0.505. The summed E-state index contributed by atoms with van der Waals surface area (Å²) < 4.78 is 0.782. The fourth-order valence-electron chi connectivity index (χ4n) is 1.11. The highest BCUT2D eigenvalue weighted by atomic mass is 79.9. The van der Waals surface area contributed by atoms with Gasteiger partial charge in [-0.05, 0) is 34.1 Å². The molecule has 80 valence electrons.